The zero-order valence-electron chi connectivity index (χ0n) is 8.42. The van der Waals surface area contributed by atoms with Gasteiger partial charge in [-0.2, -0.15) is 0 Å². The van der Waals surface area contributed by atoms with Crippen LogP contribution in [0.4, 0.5) is 0 Å². The zero-order valence-corrected chi connectivity index (χ0v) is 8.42. The van der Waals surface area contributed by atoms with Crippen molar-refractivity contribution in [2.75, 3.05) is 7.11 Å². The Morgan fingerprint density at radius 3 is 2.54 bits per heavy atom. The fourth-order valence-corrected chi connectivity index (χ4v) is 1.15. The molecule has 1 heterocycles. The van der Waals surface area contributed by atoms with Crippen LogP contribution in [0.2, 0.25) is 0 Å². The molecule has 0 atom stereocenters. The summed E-state index contributed by atoms with van der Waals surface area (Å²) in [5, 5.41) is 0. The number of carbonyl (C=O) groups is 1. The van der Waals surface area contributed by atoms with Gasteiger partial charge in [-0.1, -0.05) is 0 Å². The van der Waals surface area contributed by atoms with Gasteiger partial charge in [-0.25, -0.2) is 4.98 Å². The molecule has 72 valence electrons. The van der Waals surface area contributed by atoms with Gasteiger partial charge >= 0.3 is 5.97 Å². The fourth-order valence-electron chi connectivity index (χ4n) is 1.15. The molecule has 1 aromatic rings. The Labute approximate surface area is 77.5 Å². The van der Waals surface area contributed by atoms with E-state index >= 15 is 0 Å². The van der Waals surface area contributed by atoms with E-state index in [4.69, 9.17) is 0 Å². The van der Waals surface area contributed by atoms with Crippen LogP contribution in [0.3, 0.4) is 0 Å². The van der Waals surface area contributed by atoms with E-state index in [0.717, 1.165) is 17.2 Å². The first-order valence-corrected chi connectivity index (χ1v) is 4.12. The molecular formula is C9H14N2O2. The number of hydrogen-bond acceptors (Lipinski definition) is 3. The standard InChI is InChI=1S/C9H14N2O2/c1-6-7(2)11(3)8(10-6)5-9(12)13-4/h5H2,1-4H3. The van der Waals surface area contributed by atoms with Crippen LogP contribution in [0.5, 0.6) is 0 Å². The van der Waals surface area contributed by atoms with Gasteiger partial charge in [0.15, 0.2) is 0 Å². The second kappa shape index (κ2) is 3.60. The Hall–Kier alpha value is -1.32. The number of esters is 1. The van der Waals surface area contributed by atoms with Crippen molar-refractivity contribution in [3.8, 4) is 0 Å². The lowest BCUT2D eigenvalue weighted by atomic mass is 10.4. The highest BCUT2D eigenvalue weighted by atomic mass is 16.5. The molecule has 4 heteroatoms. The van der Waals surface area contributed by atoms with Gasteiger partial charge in [-0.05, 0) is 13.8 Å². The Morgan fingerprint density at radius 2 is 2.15 bits per heavy atom. The molecule has 4 nitrogen and oxygen atoms in total. The van der Waals surface area contributed by atoms with E-state index in [9.17, 15) is 4.79 Å². The minimum absolute atomic E-state index is 0.238. The number of methoxy groups -OCH3 is 1. The summed E-state index contributed by atoms with van der Waals surface area (Å²) in [4.78, 5) is 15.2. The van der Waals surface area contributed by atoms with Crippen molar-refractivity contribution in [2.24, 2.45) is 7.05 Å². The van der Waals surface area contributed by atoms with Gasteiger partial charge in [0.2, 0.25) is 0 Å². The van der Waals surface area contributed by atoms with Crippen LogP contribution in [0.25, 0.3) is 0 Å². The molecule has 0 N–H and O–H groups in total. The SMILES string of the molecule is COC(=O)Cc1nc(C)c(C)n1C. The summed E-state index contributed by atoms with van der Waals surface area (Å²) in [6.07, 6.45) is 0.238. The summed E-state index contributed by atoms with van der Waals surface area (Å²) in [5.41, 5.74) is 2.04. The highest BCUT2D eigenvalue weighted by Gasteiger charge is 2.11. The number of nitrogens with zero attached hydrogens (tertiary/aromatic N) is 2. The van der Waals surface area contributed by atoms with Gasteiger partial charge in [0.25, 0.3) is 0 Å². The van der Waals surface area contributed by atoms with E-state index in [-0.39, 0.29) is 12.4 Å². The van der Waals surface area contributed by atoms with E-state index in [1.807, 2.05) is 25.5 Å². The maximum absolute atomic E-state index is 11.0. The van der Waals surface area contributed by atoms with Crippen molar-refractivity contribution in [2.45, 2.75) is 20.3 Å². The third-order valence-electron chi connectivity index (χ3n) is 2.24. The quantitative estimate of drug-likeness (QED) is 0.634. The molecule has 0 aliphatic heterocycles. The Balaban J connectivity index is 2.90. The molecule has 1 rings (SSSR count). The normalized spacial score (nSPS) is 10.2. The lowest BCUT2D eigenvalue weighted by Crippen LogP contribution is -2.09. The van der Waals surface area contributed by atoms with Crippen LogP contribution < -0.4 is 0 Å². The van der Waals surface area contributed by atoms with Gasteiger partial charge in [-0.15, -0.1) is 0 Å². The van der Waals surface area contributed by atoms with Gasteiger partial charge in [-0.3, -0.25) is 4.79 Å². The van der Waals surface area contributed by atoms with Crippen molar-refractivity contribution in [3.63, 3.8) is 0 Å². The van der Waals surface area contributed by atoms with E-state index in [1.54, 1.807) is 0 Å². The fraction of sp³-hybridized carbons (Fsp3) is 0.556. The molecule has 0 unspecified atom stereocenters. The first-order chi connectivity index (χ1) is 6.06. The largest absolute Gasteiger partial charge is 0.469 e. The molecule has 0 bridgehead atoms. The molecule has 0 fully saturated rings. The predicted molar refractivity (Wildman–Crippen MR) is 48.4 cm³/mol. The summed E-state index contributed by atoms with van der Waals surface area (Å²) in [6, 6.07) is 0. The van der Waals surface area contributed by atoms with Crippen molar-refractivity contribution < 1.29 is 9.53 Å². The molecule has 0 amide bonds. The summed E-state index contributed by atoms with van der Waals surface area (Å²) in [7, 11) is 3.28. The van der Waals surface area contributed by atoms with Crippen LogP contribution in [-0.2, 0) is 23.0 Å². The molecular weight excluding hydrogens is 168 g/mol. The summed E-state index contributed by atoms with van der Waals surface area (Å²) in [6.45, 7) is 3.90. The van der Waals surface area contributed by atoms with Gasteiger partial charge in [0.1, 0.15) is 12.2 Å². The minimum Gasteiger partial charge on any atom is -0.469 e. The van der Waals surface area contributed by atoms with E-state index in [2.05, 4.69) is 9.72 Å². The van der Waals surface area contributed by atoms with Gasteiger partial charge < -0.3 is 9.30 Å². The van der Waals surface area contributed by atoms with Crippen LogP contribution in [-0.4, -0.2) is 22.6 Å². The molecule has 13 heavy (non-hydrogen) atoms. The molecule has 0 radical (unpaired) electrons. The van der Waals surface area contributed by atoms with Gasteiger partial charge in [0, 0.05) is 12.7 Å². The average molecular weight is 182 g/mol. The van der Waals surface area contributed by atoms with Crippen molar-refractivity contribution in [1.82, 2.24) is 9.55 Å². The molecule has 0 aliphatic rings. The number of hydrogen-bond donors (Lipinski definition) is 0. The highest BCUT2D eigenvalue weighted by Crippen LogP contribution is 2.08. The highest BCUT2D eigenvalue weighted by molar-refractivity contribution is 5.71. The number of aromatic nitrogens is 2. The third-order valence-corrected chi connectivity index (χ3v) is 2.24. The van der Waals surface area contributed by atoms with Crippen LogP contribution >= 0.6 is 0 Å². The second-order valence-corrected chi connectivity index (χ2v) is 3.01. The molecule has 0 saturated heterocycles. The Morgan fingerprint density at radius 1 is 1.54 bits per heavy atom. The van der Waals surface area contributed by atoms with Gasteiger partial charge in [0.05, 0.1) is 12.8 Å². The molecule has 0 spiro atoms. The number of ether oxygens (including phenoxy) is 1. The topological polar surface area (TPSA) is 44.1 Å². The van der Waals surface area contributed by atoms with Crippen LogP contribution in [0.15, 0.2) is 0 Å². The second-order valence-electron chi connectivity index (χ2n) is 3.01. The monoisotopic (exact) mass is 182 g/mol. The lowest BCUT2D eigenvalue weighted by molar-refractivity contribution is -0.139. The van der Waals surface area contributed by atoms with E-state index < -0.39 is 0 Å². The Bertz CT molecular complexity index is 329. The third kappa shape index (κ3) is 1.88. The van der Waals surface area contributed by atoms with Crippen molar-refractivity contribution in [1.29, 1.82) is 0 Å². The number of carbonyl (C=O) groups excluding carboxylic acids is 1. The first-order valence-electron chi connectivity index (χ1n) is 4.12. The molecule has 0 saturated carbocycles. The summed E-state index contributed by atoms with van der Waals surface area (Å²) in [5.74, 6) is 0.495. The van der Waals surface area contributed by atoms with E-state index in [0.29, 0.717) is 0 Å². The smallest absolute Gasteiger partial charge is 0.313 e. The van der Waals surface area contributed by atoms with Crippen LogP contribution in [0.1, 0.15) is 17.2 Å². The van der Waals surface area contributed by atoms with Crippen LogP contribution in [0, 0.1) is 13.8 Å². The predicted octanol–water partition coefficient (Wildman–Crippen LogP) is 0.752. The maximum atomic E-state index is 11.0. The number of rotatable bonds is 2. The average Bonchev–Trinajstić information content (AvgIpc) is 2.34. The first kappa shape index (κ1) is 9.77. The summed E-state index contributed by atoms with van der Waals surface area (Å²) >= 11 is 0. The minimum atomic E-state index is -0.256. The Kier molecular flexibility index (Phi) is 2.70. The lowest BCUT2D eigenvalue weighted by Gasteiger charge is -2.01. The van der Waals surface area contributed by atoms with Crippen molar-refractivity contribution >= 4 is 5.97 Å². The molecule has 1 aromatic heterocycles. The zero-order chi connectivity index (χ0) is 10.0. The van der Waals surface area contributed by atoms with Crippen molar-refractivity contribution in [3.05, 3.63) is 17.2 Å². The number of imidazole rings is 1. The molecule has 0 aliphatic carbocycles. The number of aryl methyl sites for hydroxylation is 1. The summed E-state index contributed by atoms with van der Waals surface area (Å²) < 4.78 is 6.47. The van der Waals surface area contributed by atoms with E-state index in [1.165, 1.54) is 7.11 Å². The maximum Gasteiger partial charge on any atom is 0.313 e. The molecule has 0 aromatic carbocycles.